The summed E-state index contributed by atoms with van der Waals surface area (Å²) in [6, 6.07) is 12.5. The Morgan fingerprint density at radius 2 is 2.16 bits per heavy atom. The summed E-state index contributed by atoms with van der Waals surface area (Å²) in [5.74, 6) is 1.67. The maximum Gasteiger partial charge on any atom is 0.126 e. The molecule has 0 amide bonds. The minimum atomic E-state index is -0.0969. The number of nitrogens with zero attached hydrogens (tertiary/aromatic N) is 1. The molecule has 0 saturated carbocycles. The molecule has 2 atom stereocenters. The van der Waals surface area contributed by atoms with E-state index in [1.165, 1.54) is 46.8 Å². The highest BCUT2D eigenvalue weighted by atomic mass is 32.2. The second-order valence-corrected chi connectivity index (χ2v) is 8.50. The summed E-state index contributed by atoms with van der Waals surface area (Å²) < 4.78 is 14.1. The van der Waals surface area contributed by atoms with Crippen LogP contribution in [0.3, 0.4) is 0 Å². The number of halogens is 1. The van der Waals surface area contributed by atoms with Crippen molar-refractivity contribution in [3.63, 3.8) is 0 Å². The average Bonchev–Trinajstić information content (AvgIpc) is 2.80. The molecule has 25 heavy (non-hydrogen) atoms. The summed E-state index contributed by atoms with van der Waals surface area (Å²) >= 11 is 1.99. The number of benzene rings is 2. The van der Waals surface area contributed by atoms with Gasteiger partial charge in [-0.05, 0) is 54.0 Å². The van der Waals surface area contributed by atoms with Gasteiger partial charge in [-0.25, -0.2) is 4.39 Å². The van der Waals surface area contributed by atoms with Crippen LogP contribution in [0.4, 0.5) is 10.1 Å². The van der Waals surface area contributed by atoms with E-state index < -0.39 is 0 Å². The van der Waals surface area contributed by atoms with Gasteiger partial charge >= 0.3 is 0 Å². The molecule has 0 unspecified atom stereocenters. The quantitative estimate of drug-likeness (QED) is 0.871. The number of hydrogen-bond acceptors (Lipinski definition) is 3. The van der Waals surface area contributed by atoms with Gasteiger partial charge in [0, 0.05) is 36.4 Å². The van der Waals surface area contributed by atoms with Gasteiger partial charge in [-0.1, -0.05) is 24.3 Å². The molecule has 130 valence electrons. The Kier molecular flexibility index (Phi) is 3.98. The van der Waals surface area contributed by atoms with Gasteiger partial charge in [-0.15, -0.1) is 11.8 Å². The van der Waals surface area contributed by atoms with Crippen molar-refractivity contribution in [1.82, 2.24) is 5.32 Å². The van der Waals surface area contributed by atoms with E-state index in [1.54, 1.807) is 12.1 Å². The molecule has 1 N–H and O–H groups in total. The summed E-state index contributed by atoms with van der Waals surface area (Å²) in [6.45, 7) is 3.37. The molecule has 0 spiro atoms. The first kappa shape index (κ1) is 15.7. The maximum absolute atomic E-state index is 14.1. The summed E-state index contributed by atoms with van der Waals surface area (Å²) in [6.07, 6.45) is 3.16. The van der Waals surface area contributed by atoms with Crippen molar-refractivity contribution in [2.75, 3.05) is 30.3 Å². The van der Waals surface area contributed by atoms with Crippen LogP contribution in [0.15, 0.2) is 41.3 Å². The molecule has 5 rings (SSSR count). The Labute approximate surface area is 152 Å². The number of anilines is 1. The lowest BCUT2D eigenvalue weighted by molar-refractivity contribution is 0.403. The largest absolute Gasteiger partial charge is 0.367 e. The summed E-state index contributed by atoms with van der Waals surface area (Å²) in [5.41, 5.74) is 5.02. The van der Waals surface area contributed by atoms with E-state index >= 15 is 0 Å². The van der Waals surface area contributed by atoms with E-state index in [4.69, 9.17) is 0 Å². The molecule has 2 aromatic rings. The smallest absolute Gasteiger partial charge is 0.126 e. The lowest BCUT2D eigenvalue weighted by Gasteiger charge is -2.33. The van der Waals surface area contributed by atoms with Crippen molar-refractivity contribution in [2.45, 2.75) is 36.1 Å². The van der Waals surface area contributed by atoms with Crippen molar-refractivity contribution < 1.29 is 4.39 Å². The van der Waals surface area contributed by atoms with E-state index in [-0.39, 0.29) is 5.82 Å². The fourth-order valence-corrected chi connectivity index (χ4v) is 5.85. The van der Waals surface area contributed by atoms with Crippen LogP contribution in [0.2, 0.25) is 0 Å². The molecule has 0 aliphatic carbocycles. The second-order valence-electron chi connectivity index (χ2n) is 7.36. The highest BCUT2D eigenvalue weighted by Crippen LogP contribution is 2.50. The van der Waals surface area contributed by atoms with Crippen molar-refractivity contribution in [3.8, 4) is 0 Å². The minimum Gasteiger partial charge on any atom is -0.367 e. The van der Waals surface area contributed by atoms with Gasteiger partial charge < -0.3 is 10.2 Å². The topological polar surface area (TPSA) is 15.3 Å². The third-order valence-electron chi connectivity index (χ3n) is 5.85. The molecule has 0 radical (unpaired) electrons. The number of piperidine rings is 1. The molecule has 2 nitrogen and oxygen atoms in total. The Morgan fingerprint density at radius 3 is 3.08 bits per heavy atom. The molecule has 3 aliphatic rings. The van der Waals surface area contributed by atoms with Gasteiger partial charge in [0.05, 0.1) is 5.69 Å². The lowest BCUT2D eigenvalue weighted by atomic mass is 9.89. The van der Waals surface area contributed by atoms with Crippen LogP contribution in [0, 0.1) is 5.82 Å². The van der Waals surface area contributed by atoms with Crippen LogP contribution in [0.1, 0.15) is 35.4 Å². The molecule has 1 fully saturated rings. The molecule has 1 saturated heterocycles. The van der Waals surface area contributed by atoms with Crippen molar-refractivity contribution in [2.24, 2.45) is 0 Å². The van der Waals surface area contributed by atoms with Crippen LogP contribution in [0.25, 0.3) is 0 Å². The zero-order valence-electron chi connectivity index (χ0n) is 14.3. The SMILES string of the molecule is Fc1ccccc1Cc1cc2c3c(c1)[C@@H]1CNCC[C@@H]1N3CCCS2. The minimum absolute atomic E-state index is 0.0969. The summed E-state index contributed by atoms with van der Waals surface area (Å²) in [5, 5.41) is 3.58. The first-order valence-electron chi connectivity index (χ1n) is 9.31. The van der Waals surface area contributed by atoms with Gasteiger partial charge in [0.25, 0.3) is 0 Å². The average molecular weight is 354 g/mol. The molecule has 2 aromatic carbocycles. The second kappa shape index (κ2) is 6.33. The molecular weight excluding hydrogens is 331 g/mol. The van der Waals surface area contributed by atoms with E-state index in [0.717, 1.165) is 18.7 Å². The fraction of sp³-hybridized carbons (Fsp3) is 0.429. The number of rotatable bonds is 2. The Morgan fingerprint density at radius 1 is 1.24 bits per heavy atom. The molecule has 0 bridgehead atoms. The Hall–Kier alpha value is -1.52. The maximum atomic E-state index is 14.1. The van der Waals surface area contributed by atoms with Crippen molar-refractivity contribution in [3.05, 3.63) is 58.9 Å². The van der Waals surface area contributed by atoms with E-state index in [2.05, 4.69) is 22.3 Å². The van der Waals surface area contributed by atoms with Crippen LogP contribution in [-0.4, -0.2) is 31.4 Å². The number of fused-ring (bicyclic) bond motifs is 3. The van der Waals surface area contributed by atoms with Crippen LogP contribution in [-0.2, 0) is 6.42 Å². The zero-order valence-corrected chi connectivity index (χ0v) is 15.1. The first-order chi connectivity index (χ1) is 12.3. The predicted octanol–water partition coefficient (Wildman–Crippen LogP) is 4.18. The molecule has 4 heteroatoms. The van der Waals surface area contributed by atoms with Gasteiger partial charge in [0.15, 0.2) is 0 Å². The van der Waals surface area contributed by atoms with E-state index in [9.17, 15) is 4.39 Å². The van der Waals surface area contributed by atoms with E-state index in [1.807, 2.05) is 23.9 Å². The van der Waals surface area contributed by atoms with Gasteiger partial charge in [0.2, 0.25) is 0 Å². The molecule has 0 aromatic heterocycles. The first-order valence-corrected chi connectivity index (χ1v) is 10.3. The van der Waals surface area contributed by atoms with Crippen LogP contribution in [0.5, 0.6) is 0 Å². The monoisotopic (exact) mass is 354 g/mol. The van der Waals surface area contributed by atoms with Crippen molar-refractivity contribution in [1.29, 1.82) is 0 Å². The summed E-state index contributed by atoms with van der Waals surface area (Å²) in [7, 11) is 0. The fourth-order valence-electron chi connectivity index (χ4n) is 4.75. The normalized spacial score (nSPS) is 24.6. The standard InChI is InChI=1S/C21H23FN2S/c22-18-5-2-1-4-15(18)10-14-11-16-17-13-23-7-6-19(17)24-8-3-9-25-20(12-14)21(16)24/h1-2,4-5,11-12,17,19,23H,3,6-10,13H2/t17-,19-/m0/s1. The number of hydrogen-bond donors (Lipinski definition) is 1. The van der Waals surface area contributed by atoms with Crippen LogP contribution < -0.4 is 10.2 Å². The zero-order chi connectivity index (χ0) is 16.8. The van der Waals surface area contributed by atoms with Crippen molar-refractivity contribution >= 4 is 17.4 Å². The summed E-state index contributed by atoms with van der Waals surface area (Å²) in [4.78, 5) is 4.10. The Balaban J connectivity index is 1.58. The lowest BCUT2D eigenvalue weighted by Crippen LogP contribution is -2.44. The number of thioether (sulfide) groups is 1. The van der Waals surface area contributed by atoms with Crippen LogP contribution >= 0.6 is 11.8 Å². The van der Waals surface area contributed by atoms with E-state index in [0.29, 0.717) is 18.4 Å². The highest BCUT2D eigenvalue weighted by molar-refractivity contribution is 7.99. The molecular formula is C21H23FN2S. The Bertz CT molecular complexity index is 806. The number of nitrogens with one attached hydrogen (secondary N) is 1. The van der Waals surface area contributed by atoms with Gasteiger partial charge in [-0.3, -0.25) is 0 Å². The third-order valence-corrected chi connectivity index (χ3v) is 6.97. The van der Waals surface area contributed by atoms with Gasteiger partial charge in [0.1, 0.15) is 5.82 Å². The van der Waals surface area contributed by atoms with Gasteiger partial charge in [-0.2, -0.15) is 0 Å². The predicted molar refractivity (Wildman–Crippen MR) is 102 cm³/mol. The highest BCUT2D eigenvalue weighted by Gasteiger charge is 2.41. The third kappa shape index (κ3) is 2.67. The molecule has 3 heterocycles. The molecule has 3 aliphatic heterocycles.